The summed E-state index contributed by atoms with van der Waals surface area (Å²) in [6.45, 7) is 2.97. The van der Waals surface area contributed by atoms with E-state index in [0.717, 1.165) is 19.4 Å². The molecule has 1 heterocycles. The Hall–Kier alpha value is -1.82. The maximum Gasteiger partial charge on any atom is 0.254 e. The Morgan fingerprint density at radius 2 is 2.00 bits per heavy atom. The van der Waals surface area contributed by atoms with Crippen molar-refractivity contribution in [2.24, 2.45) is 0 Å². The predicted molar refractivity (Wildman–Crippen MR) is 70.1 cm³/mol. The third-order valence-electron chi connectivity index (χ3n) is 3.57. The molecule has 0 N–H and O–H groups in total. The Morgan fingerprint density at radius 1 is 1.28 bits per heavy atom. The van der Waals surface area contributed by atoms with E-state index in [4.69, 9.17) is 5.26 Å². The van der Waals surface area contributed by atoms with Crippen LogP contribution in [0.25, 0.3) is 0 Å². The number of nitrogens with zero attached hydrogens (tertiary/aromatic N) is 2. The summed E-state index contributed by atoms with van der Waals surface area (Å²) in [5.74, 6) is 0.0916. The van der Waals surface area contributed by atoms with Gasteiger partial charge in [0, 0.05) is 18.2 Å². The van der Waals surface area contributed by atoms with Crippen LogP contribution in [0.1, 0.15) is 48.5 Å². The topological polar surface area (TPSA) is 44.1 Å². The summed E-state index contributed by atoms with van der Waals surface area (Å²) < 4.78 is 0. The summed E-state index contributed by atoms with van der Waals surface area (Å²) >= 11 is 0. The molecular formula is C15H18N2O. The monoisotopic (exact) mass is 242 g/mol. The van der Waals surface area contributed by atoms with E-state index in [1.807, 2.05) is 4.90 Å². The first-order valence-corrected chi connectivity index (χ1v) is 6.53. The molecule has 0 spiro atoms. The van der Waals surface area contributed by atoms with E-state index in [2.05, 4.69) is 13.0 Å². The highest BCUT2D eigenvalue weighted by Crippen LogP contribution is 2.19. The van der Waals surface area contributed by atoms with Gasteiger partial charge in [-0.15, -0.1) is 0 Å². The Balaban J connectivity index is 2.16. The van der Waals surface area contributed by atoms with Crippen LogP contribution in [0.15, 0.2) is 24.3 Å². The molecule has 0 aromatic heterocycles. The first kappa shape index (κ1) is 12.6. The first-order valence-electron chi connectivity index (χ1n) is 6.53. The van der Waals surface area contributed by atoms with Gasteiger partial charge in [0.1, 0.15) is 0 Å². The second-order valence-electron chi connectivity index (χ2n) is 4.89. The molecule has 1 fully saturated rings. The maximum absolute atomic E-state index is 12.4. The van der Waals surface area contributed by atoms with E-state index in [1.165, 1.54) is 12.8 Å². The smallest absolute Gasteiger partial charge is 0.254 e. The highest BCUT2D eigenvalue weighted by molar-refractivity contribution is 5.94. The number of carbonyl (C=O) groups excluding carboxylic acids is 1. The number of hydrogen-bond acceptors (Lipinski definition) is 2. The maximum atomic E-state index is 12.4. The lowest BCUT2D eigenvalue weighted by molar-refractivity contribution is 0.0698. The van der Waals surface area contributed by atoms with E-state index >= 15 is 0 Å². The van der Waals surface area contributed by atoms with Gasteiger partial charge in [-0.2, -0.15) is 5.26 Å². The highest BCUT2D eigenvalue weighted by Gasteiger charge is 2.22. The molecule has 0 saturated carbocycles. The molecule has 94 valence electrons. The Labute approximate surface area is 108 Å². The SMILES string of the molecule is CC1CCCCCN1C(=O)c1ccc(C#N)cc1. The lowest BCUT2D eigenvalue weighted by atomic mass is 10.1. The minimum atomic E-state index is 0.0916. The number of nitriles is 1. The zero-order chi connectivity index (χ0) is 13.0. The van der Waals surface area contributed by atoms with Gasteiger partial charge >= 0.3 is 0 Å². The molecule has 1 atom stereocenters. The molecular weight excluding hydrogens is 224 g/mol. The standard InChI is InChI=1S/C15H18N2O/c1-12-5-3-2-4-10-17(12)15(18)14-8-6-13(11-16)7-9-14/h6-9,12H,2-5,10H2,1H3. The zero-order valence-electron chi connectivity index (χ0n) is 10.7. The molecule has 1 saturated heterocycles. The fraction of sp³-hybridized carbons (Fsp3) is 0.467. The van der Waals surface area contributed by atoms with Gasteiger partial charge in [-0.05, 0) is 44.0 Å². The van der Waals surface area contributed by atoms with Gasteiger partial charge in [0.2, 0.25) is 0 Å². The van der Waals surface area contributed by atoms with Crippen LogP contribution in [-0.2, 0) is 0 Å². The third-order valence-corrected chi connectivity index (χ3v) is 3.57. The summed E-state index contributed by atoms with van der Waals surface area (Å²) in [5.41, 5.74) is 1.28. The van der Waals surface area contributed by atoms with E-state index in [1.54, 1.807) is 24.3 Å². The number of rotatable bonds is 1. The van der Waals surface area contributed by atoms with E-state index in [0.29, 0.717) is 17.2 Å². The number of benzene rings is 1. The van der Waals surface area contributed by atoms with Crippen molar-refractivity contribution < 1.29 is 4.79 Å². The third kappa shape index (κ3) is 2.70. The van der Waals surface area contributed by atoms with Crippen LogP contribution in [-0.4, -0.2) is 23.4 Å². The number of carbonyl (C=O) groups is 1. The molecule has 3 nitrogen and oxygen atoms in total. The molecule has 1 aromatic carbocycles. The minimum Gasteiger partial charge on any atom is -0.336 e. The summed E-state index contributed by atoms with van der Waals surface area (Å²) in [7, 11) is 0. The van der Waals surface area contributed by atoms with Gasteiger partial charge in [-0.25, -0.2) is 0 Å². The van der Waals surface area contributed by atoms with Gasteiger partial charge in [-0.1, -0.05) is 12.8 Å². The fourth-order valence-corrected chi connectivity index (χ4v) is 2.43. The van der Waals surface area contributed by atoms with E-state index in [9.17, 15) is 4.79 Å². The van der Waals surface area contributed by atoms with Crippen LogP contribution < -0.4 is 0 Å². The molecule has 1 amide bonds. The Bertz CT molecular complexity index is 458. The fourth-order valence-electron chi connectivity index (χ4n) is 2.43. The highest BCUT2D eigenvalue weighted by atomic mass is 16.2. The first-order chi connectivity index (χ1) is 8.72. The van der Waals surface area contributed by atoms with Crippen LogP contribution in [0.5, 0.6) is 0 Å². The molecule has 3 heteroatoms. The molecule has 1 aromatic rings. The number of hydrogen-bond donors (Lipinski definition) is 0. The quantitative estimate of drug-likeness (QED) is 0.760. The summed E-state index contributed by atoms with van der Waals surface area (Å²) in [6, 6.07) is 9.29. The molecule has 0 radical (unpaired) electrons. The van der Waals surface area contributed by atoms with Gasteiger partial charge in [-0.3, -0.25) is 4.79 Å². The molecule has 1 aliphatic heterocycles. The van der Waals surface area contributed by atoms with Crippen LogP contribution >= 0.6 is 0 Å². The van der Waals surface area contributed by atoms with Crippen molar-refractivity contribution >= 4 is 5.91 Å². The second kappa shape index (κ2) is 5.68. The zero-order valence-corrected chi connectivity index (χ0v) is 10.7. The molecule has 0 bridgehead atoms. The molecule has 0 aliphatic carbocycles. The van der Waals surface area contributed by atoms with Crippen molar-refractivity contribution in [2.45, 2.75) is 38.6 Å². The van der Waals surface area contributed by atoms with Crippen molar-refractivity contribution in [3.63, 3.8) is 0 Å². The van der Waals surface area contributed by atoms with Crippen LogP contribution in [0, 0.1) is 11.3 Å². The van der Waals surface area contributed by atoms with Gasteiger partial charge in [0.25, 0.3) is 5.91 Å². The van der Waals surface area contributed by atoms with E-state index in [-0.39, 0.29) is 5.91 Å². The van der Waals surface area contributed by atoms with Crippen molar-refractivity contribution in [3.05, 3.63) is 35.4 Å². The summed E-state index contributed by atoms with van der Waals surface area (Å²) in [5, 5.41) is 8.75. The Kier molecular flexibility index (Phi) is 3.99. The average Bonchev–Trinajstić information content (AvgIpc) is 2.63. The van der Waals surface area contributed by atoms with Crippen LogP contribution in [0.2, 0.25) is 0 Å². The normalized spacial score (nSPS) is 20.0. The van der Waals surface area contributed by atoms with Gasteiger partial charge in [0.05, 0.1) is 11.6 Å². The average molecular weight is 242 g/mol. The summed E-state index contributed by atoms with van der Waals surface area (Å²) in [4.78, 5) is 14.4. The molecule has 1 unspecified atom stereocenters. The predicted octanol–water partition coefficient (Wildman–Crippen LogP) is 2.96. The number of amides is 1. The largest absolute Gasteiger partial charge is 0.336 e. The number of likely N-dealkylation sites (tertiary alicyclic amines) is 1. The molecule has 2 rings (SSSR count). The van der Waals surface area contributed by atoms with E-state index < -0.39 is 0 Å². The minimum absolute atomic E-state index is 0.0916. The van der Waals surface area contributed by atoms with Crippen LogP contribution in [0.4, 0.5) is 0 Å². The Morgan fingerprint density at radius 3 is 2.67 bits per heavy atom. The lowest BCUT2D eigenvalue weighted by Crippen LogP contribution is -2.38. The lowest BCUT2D eigenvalue weighted by Gasteiger charge is -2.27. The van der Waals surface area contributed by atoms with Crippen molar-refractivity contribution in [1.29, 1.82) is 5.26 Å². The van der Waals surface area contributed by atoms with Crippen molar-refractivity contribution in [3.8, 4) is 6.07 Å². The summed E-state index contributed by atoms with van der Waals surface area (Å²) in [6.07, 6.45) is 4.59. The van der Waals surface area contributed by atoms with Crippen LogP contribution in [0.3, 0.4) is 0 Å². The second-order valence-corrected chi connectivity index (χ2v) is 4.89. The van der Waals surface area contributed by atoms with Gasteiger partial charge in [0.15, 0.2) is 0 Å². The van der Waals surface area contributed by atoms with Crippen molar-refractivity contribution in [2.75, 3.05) is 6.54 Å². The molecule has 1 aliphatic rings. The van der Waals surface area contributed by atoms with Crippen molar-refractivity contribution in [1.82, 2.24) is 4.90 Å². The molecule has 18 heavy (non-hydrogen) atoms. The van der Waals surface area contributed by atoms with Gasteiger partial charge < -0.3 is 4.90 Å².